The summed E-state index contributed by atoms with van der Waals surface area (Å²) >= 11 is 4.41. The molecule has 94 valence electrons. The number of aliphatic hydroxyl groups excluding tert-OH is 1. The quantitative estimate of drug-likeness (QED) is 0.479. The van der Waals surface area contributed by atoms with Crippen molar-refractivity contribution in [1.29, 1.82) is 0 Å². The van der Waals surface area contributed by atoms with E-state index in [4.69, 9.17) is 5.21 Å². The van der Waals surface area contributed by atoms with E-state index >= 15 is 0 Å². The molecular weight excluding hydrogens is 312 g/mol. The van der Waals surface area contributed by atoms with Gasteiger partial charge >= 0.3 is 0 Å². The van der Waals surface area contributed by atoms with Gasteiger partial charge in [0.1, 0.15) is 6.04 Å². The summed E-state index contributed by atoms with van der Waals surface area (Å²) in [6.07, 6.45) is -1.12. The maximum Gasteiger partial charge on any atom is 0.268 e. The summed E-state index contributed by atoms with van der Waals surface area (Å²) < 4.78 is 0.780. The number of rotatable bonds is 4. The minimum atomic E-state index is -1.20. The zero-order valence-electron chi connectivity index (χ0n) is 8.81. The van der Waals surface area contributed by atoms with Crippen LogP contribution in [0.1, 0.15) is 16.6 Å². The Labute approximate surface area is 110 Å². The van der Waals surface area contributed by atoms with E-state index in [1.165, 1.54) is 23.7 Å². The molecular formula is C9H11BrN2O4S. The van der Waals surface area contributed by atoms with Gasteiger partial charge < -0.3 is 10.4 Å². The van der Waals surface area contributed by atoms with Gasteiger partial charge in [0.25, 0.3) is 11.8 Å². The molecule has 2 atom stereocenters. The fourth-order valence-electron chi connectivity index (χ4n) is 1.12. The first-order valence-corrected chi connectivity index (χ1v) is 6.25. The van der Waals surface area contributed by atoms with Gasteiger partial charge in [-0.15, -0.1) is 11.3 Å². The van der Waals surface area contributed by atoms with Crippen molar-refractivity contribution in [2.45, 2.75) is 19.1 Å². The molecule has 1 aromatic heterocycles. The number of amides is 2. The van der Waals surface area contributed by atoms with Crippen LogP contribution in [0.25, 0.3) is 0 Å². The number of halogens is 1. The lowest BCUT2D eigenvalue weighted by Crippen LogP contribution is -2.51. The van der Waals surface area contributed by atoms with E-state index in [0.717, 1.165) is 3.79 Å². The zero-order valence-corrected chi connectivity index (χ0v) is 11.2. The molecule has 0 aliphatic carbocycles. The molecule has 0 spiro atoms. The van der Waals surface area contributed by atoms with Gasteiger partial charge in [0.15, 0.2) is 0 Å². The molecule has 4 N–H and O–H groups in total. The highest BCUT2D eigenvalue weighted by molar-refractivity contribution is 9.11. The van der Waals surface area contributed by atoms with Gasteiger partial charge in [-0.3, -0.25) is 14.8 Å². The standard InChI is InChI=1S/C9H11BrN2O4S/c1-4(13)7(9(15)12-16)11-8(14)5-2-3-6(10)17-5/h2-4,7,13,16H,1H3,(H,11,14)(H,12,15). The molecule has 1 aromatic rings. The van der Waals surface area contributed by atoms with Crippen LogP contribution in [-0.4, -0.2) is 34.3 Å². The van der Waals surface area contributed by atoms with Crippen LogP contribution in [0.4, 0.5) is 0 Å². The maximum absolute atomic E-state index is 11.7. The molecule has 2 amide bonds. The van der Waals surface area contributed by atoms with Crippen LogP contribution < -0.4 is 10.8 Å². The van der Waals surface area contributed by atoms with Crippen molar-refractivity contribution in [2.24, 2.45) is 0 Å². The zero-order chi connectivity index (χ0) is 13.0. The Morgan fingerprint density at radius 3 is 2.53 bits per heavy atom. The van der Waals surface area contributed by atoms with Gasteiger partial charge in [-0.25, -0.2) is 5.48 Å². The summed E-state index contributed by atoms with van der Waals surface area (Å²) in [6, 6.07) is 2.08. The molecule has 0 saturated heterocycles. The van der Waals surface area contributed by atoms with Gasteiger partial charge in [-0.2, -0.15) is 0 Å². The van der Waals surface area contributed by atoms with Crippen LogP contribution in [0, 0.1) is 0 Å². The molecule has 1 heterocycles. The number of nitrogens with one attached hydrogen (secondary N) is 2. The van der Waals surface area contributed by atoms with Crippen molar-refractivity contribution in [2.75, 3.05) is 0 Å². The topological polar surface area (TPSA) is 98.7 Å². The predicted octanol–water partition coefficient (Wildman–Crippen LogP) is 0.495. The van der Waals surface area contributed by atoms with Gasteiger partial charge in [0.2, 0.25) is 0 Å². The van der Waals surface area contributed by atoms with Crippen LogP contribution in [0.2, 0.25) is 0 Å². The van der Waals surface area contributed by atoms with Crippen LogP contribution in [0.15, 0.2) is 15.9 Å². The summed E-state index contributed by atoms with van der Waals surface area (Å²) in [5.41, 5.74) is 1.39. The van der Waals surface area contributed by atoms with Gasteiger partial charge in [0, 0.05) is 0 Å². The van der Waals surface area contributed by atoms with E-state index in [2.05, 4.69) is 21.2 Å². The highest BCUT2D eigenvalue weighted by Crippen LogP contribution is 2.21. The smallest absolute Gasteiger partial charge is 0.268 e. The Morgan fingerprint density at radius 1 is 1.47 bits per heavy atom. The fourth-order valence-corrected chi connectivity index (χ4v) is 2.41. The number of hydrogen-bond acceptors (Lipinski definition) is 5. The molecule has 0 aromatic carbocycles. The first kappa shape index (κ1) is 14.1. The van der Waals surface area contributed by atoms with E-state index in [1.807, 2.05) is 0 Å². The lowest BCUT2D eigenvalue weighted by Gasteiger charge is -2.18. The molecule has 0 aliphatic rings. The second-order valence-corrected chi connectivity index (χ2v) is 5.73. The van der Waals surface area contributed by atoms with E-state index in [1.54, 1.807) is 12.1 Å². The van der Waals surface area contributed by atoms with E-state index in [-0.39, 0.29) is 0 Å². The van der Waals surface area contributed by atoms with Crippen molar-refractivity contribution < 1.29 is 19.9 Å². The number of thiophene rings is 1. The molecule has 0 radical (unpaired) electrons. The number of aliphatic hydroxyl groups is 1. The molecule has 1 rings (SSSR count). The summed E-state index contributed by atoms with van der Waals surface area (Å²) in [6.45, 7) is 1.34. The number of carbonyl (C=O) groups is 2. The average molecular weight is 323 g/mol. The van der Waals surface area contributed by atoms with Crippen molar-refractivity contribution >= 4 is 39.1 Å². The van der Waals surface area contributed by atoms with Crippen LogP contribution in [-0.2, 0) is 4.79 Å². The Bertz CT molecular complexity index is 421. The van der Waals surface area contributed by atoms with Crippen molar-refractivity contribution in [1.82, 2.24) is 10.8 Å². The first-order valence-electron chi connectivity index (χ1n) is 4.64. The third-order valence-electron chi connectivity index (χ3n) is 1.96. The van der Waals surface area contributed by atoms with E-state index < -0.39 is 24.0 Å². The largest absolute Gasteiger partial charge is 0.391 e. The number of hydroxylamine groups is 1. The third-order valence-corrected chi connectivity index (χ3v) is 3.58. The molecule has 0 aliphatic heterocycles. The lowest BCUT2D eigenvalue weighted by atomic mass is 10.1. The predicted molar refractivity (Wildman–Crippen MR) is 64.9 cm³/mol. The third kappa shape index (κ3) is 3.77. The first-order chi connectivity index (χ1) is 7.95. The van der Waals surface area contributed by atoms with Crippen LogP contribution in [0.5, 0.6) is 0 Å². The second kappa shape index (κ2) is 6.10. The SMILES string of the molecule is CC(O)C(NC(=O)c1ccc(Br)s1)C(=O)NO. The highest BCUT2D eigenvalue weighted by atomic mass is 79.9. The highest BCUT2D eigenvalue weighted by Gasteiger charge is 2.26. The Morgan fingerprint density at radius 2 is 2.12 bits per heavy atom. The van der Waals surface area contributed by atoms with E-state index in [0.29, 0.717) is 4.88 Å². The minimum Gasteiger partial charge on any atom is -0.391 e. The fraction of sp³-hybridized carbons (Fsp3) is 0.333. The summed E-state index contributed by atoms with van der Waals surface area (Å²) in [7, 11) is 0. The Kier molecular flexibility index (Phi) is 5.06. The Balaban J connectivity index is 2.74. The van der Waals surface area contributed by atoms with Crippen LogP contribution in [0.3, 0.4) is 0 Å². The number of hydrogen-bond donors (Lipinski definition) is 4. The molecule has 0 saturated carbocycles. The molecule has 6 nitrogen and oxygen atoms in total. The normalized spacial score (nSPS) is 13.9. The second-order valence-electron chi connectivity index (χ2n) is 3.27. The van der Waals surface area contributed by atoms with E-state index in [9.17, 15) is 14.7 Å². The molecule has 17 heavy (non-hydrogen) atoms. The van der Waals surface area contributed by atoms with Gasteiger partial charge in [0.05, 0.1) is 14.8 Å². The lowest BCUT2D eigenvalue weighted by molar-refractivity contribution is -0.133. The summed E-state index contributed by atoms with van der Waals surface area (Å²) in [5.74, 6) is -1.36. The maximum atomic E-state index is 11.7. The van der Waals surface area contributed by atoms with Crippen molar-refractivity contribution in [3.63, 3.8) is 0 Å². The molecule has 2 unspecified atom stereocenters. The summed E-state index contributed by atoms with van der Waals surface area (Å²) in [4.78, 5) is 23.3. The molecule has 0 bridgehead atoms. The average Bonchev–Trinajstić information content (AvgIpc) is 2.71. The van der Waals surface area contributed by atoms with Gasteiger partial charge in [-0.05, 0) is 35.0 Å². The Hall–Kier alpha value is -0.960. The monoisotopic (exact) mass is 322 g/mol. The van der Waals surface area contributed by atoms with Crippen LogP contribution >= 0.6 is 27.3 Å². The number of carbonyl (C=O) groups excluding carboxylic acids is 2. The van der Waals surface area contributed by atoms with Gasteiger partial charge in [-0.1, -0.05) is 0 Å². The minimum absolute atomic E-state index is 0.397. The van der Waals surface area contributed by atoms with Crippen molar-refractivity contribution in [3.8, 4) is 0 Å². The molecule has 0 fully saturated rings. The molecule has 8 heteroatoms. The van der Waals surface area contributed by atoms with Crippen molar-refractivity contribution in [3.05, 3.63) is 20.8 Å². The summed E-state index contributed by atoms with van der Waals surface area (Å²) in [5, 5.41) is 20.1.